The van der Waals surface area contributed by atoms with Gasteiger partial charge in [-0.25, -0.2) is 0 Å². The summed E-state index contributed by atoms with van der Waals surface area (Å²) in [7, 11) is 2.02. The number of nitrogens with one attached hydrogen (secondary N) is 1. The highest BCUT2D eigenvalue weighted by atomic mass is 14.8. The summed E-state index contributed by atoms with van der Waals surface area (Å²) in [6.07, 6.45) is 1.29. The van der Waals surface area contributed by atoms with E-state index in [-0.39, 0.29) is 0 Å². The third-order valence-corrected chi connectivity index (χ3v) is 1.93. The van der Waals surface area contributed by atoms with Crippen molar-refractivity contribution in [2.45, 2.75) is 27.2 Å². The second-order valence-corrected chi connectivity index (χ2v) is 2.97. The normalized spacial score (nSPS) is 14.3. The highest BCUT2D eigenvalue weighted by Crippen LogP contribution is 2.12. The Morgan fingerprint density at radius 3 is 2.00 bits per heavy atom. The van der Waals surface area contributed by atoms with E-state index in [1.54, 1.807) is 0 Å². The van der Waals surface area contributed by atoms with E-state index in [1.807, 2.05) is 7.05 Å². The molecule has 0 aliphatic heterocycles. The molecule has 0 radical (unpaired) electrons. The van der Waals surface area contributed by atoms with Crippen LogP contribution in [0, 0.1) is 11.8 Å². The van der Waals surface area contributed by atoms with Crippen molar-refractivity contribution in [3.05, 3.63) is 0 Å². The summed E-state index contributed by atoms with van der Waals surface area (Å²) in [5.41, 5.74) is 0. The standard InChI is InChI=1S/C8H19N/c1-5-8(6-9-4)7(2)3/h7-9H,5-6H2,1-4H3/t8-/m1/s1. The molecule has 1 atom stereocenters. The summed E-state index contributed by atoms with van der Waals surface area (Å²) in [6, 6.07) is 0. The Morgan fingerprint density at radius 1 is 1.33 bits per heavy atom. The second-order valence-electron chi connectivity index (χ2n) is 2.97. The van der Waals surface area contributed by atoms with Gasteiger partial charge in [0.1, 0.15) is 0 Å². The first kappa shape index (κ1) is 8.96. The van der Waals surface area contributed by atoms with E-state index >= 15 is 0 Å². The number of hydrogen-bond donors (Lipinski definition) is 1. The molecule has 0 bridgehead atoms. The van der Waals surface area contributed by atoms with Crippen LogP contribution in [0.1, 0.15) is 27.2 Å². The minimum Gasteiger partial charge on any atom is -0.319 e. The van der Waals surface area contributed by atoms with E-state index < -0.39 is 0 Å². The molecule has 0 rings (SSSR count). The van der Waals surface area contributed by atoms with Crippen LogP contribution in [0.4, 0.5) is 0 Å². The Hall–Kier alpha value is -0.0400. The minimum atomic E-state index is 0.822. The fourth-order valence-electron chi connectivity index (χ4n) is 1.11. The summed E-state index contributed by atoms with van der Waals surface area (Å²) in [4.78, 5) is 0. The highest BCUT2D eigenvalue weighted by molar-refractivity contribution is 4.61. The molecule has 0 fully saturated rings. The zero-order valence-corrected chi connectivity index (χ0v) is 7.07. The monoisotopic (exact) mass is 129 g/mol. The quantitative estimate of drug-likeness (QED) is 0.611. The summed E-state index contributed by atoms with van der Waals surface area (Å²) >= 11 is 0. The summed E-state index contributed by atoms with van der Waals surface area (Å²) in [5, 5.41) is 3.20. The van der Waals surface area contributed by atoms with Crippen LogP contribution >= 0.6 is 0 Å². The molecule has 56 valence electrons. The van der Waals surface area contributed by atoms with Gasteiger partial charge in [-0.15, -0.1) is 0 Å². The van der Waals surface area contributed by atoms with Crippen LogP contribution in [0.5, 0.6) is 0 Å². The summed E-state index contributed by atoms with van der Waals surface area (Å²) in [5.74, 6) is 1.68. The Bertz CT molecular complexity index is 59.6. The van der Waals surface area contributed by atoms with Crippen molar-refractivity contribution in [1.29, 1.82) is 0 Å². The van der Waals surface area contributed by atoms with E-state index in [2.05, 4.69) is 26.1 Å². The van der Waals surface area contributed by atoms with Gasteiger partial charge in [-0.2, -0.15) is 0 Å². The van der Waals surface area contributed by atoms with E-state index in [4.69, 9.17) is 0 Å². The first-order valence-corrected chi connectivity index (χ1v) is 3.87. The maximum atomic E-state index is 3.20. The highest BCUT2D eigenvalue weighted by Gasteiger charge is 2.08. The van der Waals surface area contributed by atoms with Gasteiger partial charge in [0.2, 0.25) is 0 Å². The lowest BCUT2D eigenvalue weighted by molar-refractivity contribution is 0.362. The predicted octanol–water partition coefficient (Wildman–Crippen LogP) is 1.89. The fraction of sp³-hybridized carbons (Fsp3) is 1.00. The Kier molecular flexibility index (Phi) is 4.78. The van der Waals surface area contributed by atoms with Gasteiger partial charge < -0.3 is 5.32 Å². The second kappa shape index (κ2) is 4.80. The van der Waals surface area contributed by atoms with Gasteiger partial charge in [-0.05, 0) is 25.4 Å². The molecule has 1 heteroatoms. The average Bonchev–Trinajstić information content (AvgIpc) is 1.82. The Labute approximate surface area is 58.8 Å². The third kappa shape index (κ3) is 3.52. The SMILES string of the molecule is CC[C@H](CNC)C(C)C. The Morgan fingerprint density at radius 2 is 1.89 bits per heavy atom. The molecular formula is C8H19N. The smallest absolute Gasteiger partial charge is 0.00212 e. The van der Waals surface area contributed by atoms with Gasteiger partial charge in [0, 0.05) is 0 Å². The van der Waals surface area contributed by atoms with Crippen LogP contribution in [0.25, 0.3) is 0 Å². The molecule has 0 unspecified atom stereocenters. The van der Waals surface area contributed by atoms with Gasteiger partial charge in [-0.1, -0.05) is 27.2 Å². The van der Waals surface area contributed by atoms with Crippen LogP contribution in [0.2, 0.25) is 0 Å². The van der Waals surface area contributed by atoms with Crippen molar-refractivity contribution in [2.75, 3.05) is 13.6 Å². The van der Waals surface area contributed by atoms with Gasteiger partial charge in [-0.3, -0.25) is 0 Å². The van der Waals surface area contributed by atoms with Crippen molar-refractivity contribution < 1.29 is 0 Å². The first-order valence-electron chi connectivity index (χ1n) is 3.87. The topological polar surface area (TPSA) is 12.0 Å². The molecule has 1 N–H and O–H groups in total. The van der Waals surface area contributed by atoms with E-state index in [0.717, 1.165) is 18.4 Å². The summed E-state index contributed by atoms with van der Waals surface area (Å²) in [6.45, 7) is 7.98. The lowest BCUT2D eigenvalue weighted by Gasteiger charge is -2.17. The van der Waals surface area contributed by atoms with E-state index in [9.17, 15) is 0 Å². The van der Waals surface area contributed by atoms with Crippen molar-refractivity contribution in [3.63, 3.8) is 0 Å². The van der Waals surface area contributed by atoms with Gasteiger partial charge in [0.05, 0.1) is 0 Å². The average molecular weight is 129 g/mol. The summed E-state index contributed by atoms with van der Waals surface area (Å²) < 4.78 is 0. The largest absolute Gasteiger partial charge is 0.319 e. The molecule has 9 heavy (non-hydrogen) atoms. The van der Waals surface area contributed by atoms with Crippen LogP contribution in [0.15, 0.2) is 0 Å². The molecule has 1 nitrogen and oxygen atoms in total. The van der Waals surface area contributed by atoms with Crippen LogP contribution in [0.3, 0.4) is 0 Å². The van der Waals surface area contributed by atoms with Crippen molar-refractivity contribution >= 4 is 0 Å². The molecule has 0 aromatic rings. The van der Waals surface area contributed by atoms with E-state index in [1.165, 1.54) is 6.42 Å². The maximum absolute atomic E-state index is 3.20. The van der Waals surface area contributed by atoms with Gasteiger partial charge in [0.25, 0.3) is 0 Å². The molecule has 0 aliphatic carbocycles. The number of rotatable bonds is 4. The lowest BCUT2D eigenvalue weighted by Crippen LogP contribution is -2.22. The van der Waals surface area contributed by atoms with Crippen molar-refractivity contribution in [3.8, 4) is 0 Å². The van der Waals surface area contributed by atoms with Crippen molar-refractivity contribution in [2.24, 2.45) is 11.8 Å². The van der Waals surface area contributed by atoms with Crippen LogP contribution in [-0.2, 0) is 0 Å². The fourth-order valence-corrected chi connectivity index (χ4v) is 1.11. The van der Waals surface area contributed by atoms with Crippen molar-refractivity contribution in [1.82, 2.24) is 5.32 Å². The molecule has 0 saturated heterocycles. The zero-order valence-electron chi connectivity index (χ0n) is 7.07. The minimum absolute atomic E-state index is 0.822. The molecular weight excluding hydrogens is 110 g/mol. The lowest BCUT2D eigenvalue weighted by atomic mass is 9.93. The molecule has 0 aliphatic rings. The van der Waals surface area contributed by atoms with Crippen LogP contribution < -0.4 is 5.32 Å². The molecule has 0 heterocycles. The third-order valence-electron chi connectivity index (χ3n) is 1.93. The maximum Gasteiger partial charge on any atom is -0.00212 e. The van der Waals surface area contributed by atoms with Gasteiger partial charge >= 0.3 is 0 Å². The molecule has 0 aromatic heterocycles. The number of hydrogen-bond acceptors (Lipinski definition) is 1. The molecule has 0 aromatic carbocycles. The van der Waals surface area contributed by atoms with Gasteiger partial charge in [0.15, 0.2) is 0 Å². The van der Waals surface area contributed by atoms with Crippen LogP contribution in [-0.4, -0.2) is 13.6 Å². The predicted molar refractivity (Wildman–Crippen MR) is 42.5 cm³/mol. The van der Waals surface area contributed by atoms with E-state index in [0.29, 0.717) is 0 Å². The molecule has 0 saturated carbocycles. The molecule has 0 amide bonds. The Balaban J connectivity index is 3.41. The zero-order chi connectivity index (χ0) is 7.28. The first-order chi connectivity index (χ1) is 4.22. The molecule has 0 spiro atoms.